The molecule has 0 aliphatic carbocycles. The molecule has 0 aromatic heterocycles. The van der Waals surface area contributed by atoms with Crippen LogP contribution in [-0.4, -0.2) is 27.6 Å². The van der Waals surface area contributed by atoms with E-state index < -0.39 is 22.1 Å². The Labute approximate surface area is 154 Å². The Bertz CT molecular complexity index is 897. The lowest BCUT2D eigenvalue weighted by Crippen LogP contribution is -2.30. The number of benzene rings is 2. The number of methoxy groups -OCH3 is 1. The first-order valence-electron chi connectivity index (χ1n) is 7.67. The molecule has 0 spiro atoms. The Hall–Kier alpha value is -2.43. The summed E-state index contributed by atoms with van der Waals surface area (Å²) < 4.78 is 68.9. The Balaban J connectivity index is 2.08. The number of carbonyl (C=O) groups excluding carboxylic acids is 1. The fraction of sp³-hybridized carbons (Fsp3) is 0.235. The molecule has 0 heterocycles. The summed E-state index contributed by atoms with van der Waals surface area (Å²) in [6, 6.07) is 11.5. The van der Waals surface area contributed by atoms with Crippen LogP contribution in [0.5, 0.6) is 0 Å². The fourth-order valence-electron chi connectivity index (χ4n) is 2.20. The maximum Gasteiger partial charge on any atom is 0.471 e. The van der Waals surface area contributed by atoms with Gasteiger partial charge in [-0.2, -0.15) is 13.2 Å². The van der Waals surface area contributed by atoms with Gasteiger partial charge in [0.05, 0.1) is 11.5 Å². The third-order valence-electron chi connectivity index (χ3n) is 3.55. The number of anilines is 1. The Morgan fingerprint density at radius 1 is 1.04 bits per heavy atom. The van der Waals surface area contributed by atoms with Gasteiger partial charge in [-0.15, -0.1) is 0 Å². The number of sulfonamides is 1. The van der Waals surface area contributed by atoms with Gasteiger partial charge in [0.2, 0.25) is 10.0 Å². The van der Waals surface area contributed by atoms with Crippen molar-refractivity contribution in [2.24, 2.45) is 0 Å². The van der Waals surface area contributed by atoms with Crippen molar-refractivity contribution in [1.29, 1.82) is 0 Å². The van der Waals surface area contributed by atoms with Gasteiger partial charge in [0, 0.05) is 19.3 Å². The zero-order valence-electron chi connectivity index (χ0n) is 14.2. The number of hydrogen-bond donors (Lipinski definition) is 2. The minimum atomic E-state index is -5.03. The predicted molar refractivity (Wildman–Crippen MR) is 92.3 cm³/mol. The van der Waals surface area contributed by atoms with Crippen molar-refractivity contribution in [3.63, 3.8) is 0 Å². The first-order valence-corrected chi connectivity index (χ1v) is 9.15. The van der Waals surface area contributed by atoms with Crippen LogP contribution in [0.2, 0.25) is 0 Å². The molecular formula is C17H17F3N2O4S. The molecule has 0 saturated heterocycles. The summed E-state index contributed by atoms with van der Waals surface area (Å²) in [7, 11) is -2.36. The zero-order chi connectivity index (χ0) is 20.1. The number of nitrogens with one attached hydrogen (secondary N) is 2. The van der Waals surface area contributed by atoms with E-state index in [1.807, 2.05) is 6.07 Å². The molecule has 2 N–H and O–H groups in total. The minimum absolute atomic E-state index is 0.0222. The van der Waals surface area contributed by atoms with E-state index >= 15 is 0 Å². The quantitative estimate of drug-likeness (QED) is 0.746. The van der Waals surface area contributed by atoms with Crippen molar-refractivity contribution in [2.45, 2.75) is 24.2 Å². The van der Waals surface area contributed by atoms with Crippen LogP contribution >= 0.6 is 0 Å². The average molecular weight is 402 g/mol. The van der Waals surface area contributed by atoms with Gasteiger partial charge in [-0.3, -0.25) is 4.79 Å². The van der Waals surface area contributed by atoms with Crippen molar-refractivity contribution in [2.75, 3.05) is 12.4 Å². The first-order chi connectivity index (χ1) is 12.6. The molecule has 2 aromatic carbocycles. The highest BCUT2D eigenvalue weighted by Crippen LogP contribution is 2.20. The summed E-state index contributed by atoms with van der Waals surface area (Å²) in [5.41, 5.74) is 1.40. The van der Waals surface area contributed by atoms with Crippen LogP contribution in [0, 0.1) is 0 Å². The second-order valence-electron chi connectivity index (χ2n) is 5.50. The van der Waals surface area contributed by atoms with Crippen LogP contribution < -0.4 is 10.0 Å². The van der Waals surface area contributed by atoms with Gasteiger partial charge >= 0.3 is 12.1 Å². The van der Waals surface area contributed by atoms with Crippen LogP contribution in [0.1, 0.15) is 11.1 Å². The van der Waals surface area contributed by atoms with E-state index in [1.165, 1.54) is 7.11 Å². The molecule has 0 fully saturated rings. The van der Waals surface area contributed by atoms with E-state index in [1.54, 1.807) is 23.5 Å². The van der Waals surface area contributed by atoms with Crippen LogP contribution in [0.4, 0.5) is 18.9 Å². The van der Waals surface area contributed by atoms with Gasteiger partial charge in [0.15, 0.2) is 0 Å². The third-order valence-corrected chi connectivity index (χ3v) is 4.97. The molecule has 0 bridgehead atoms. The molecule has 2 rings (SSSR count). The lowest BCUT2D eigenvalue weighted by molar-refractivity contribution is -0.167. The van der Waals surface area contributed by atoms with E-state index in [0.717, 1.165) is 35.4 Å². The number of rotatable bonds is 7. The van der Waals surface area contributed by atoms with Gasteiger partial charge in [-0.05, 0) is 35.4 Å². The van der Waals surface area contributed by atoms with Crippen molar-refractivity contribution in [3.05, 3.63) is 59.7 Å². The van der Waals surface area contributed by atoms with E-state index in [0.29, 0.717) is 6.61 Å². The molecule has 0 atom stereocenters. The van der Waals surface area contributed by atoms with Gasteiger partial charge in [-0.1, -0.05) is 24.3 Å². The predicted octanol–water partition coefficient (Wildman–Crippen LogP) is 2.81. The molecule has 1 amide bonds. The normalized spacial score (nSPS) is 12.0. The maximum atomic E-state index is 12.4. The number of carbonyl (C=O) groups is 1. The summed E-state index contributed by atoms with van der Waals surface area (Å²) in [6.07, 6.45) is -5.03. The third kappa shape index (κ3) is 5.78. The molecule has 27 heavy (non-hydrogen) atoms. The highest BCUT2D eigenvalue weighted by Gasteiger charge is 2.38. The van der Waals surface area contributed by atoms with Crippen LogP contribution in [0.25, 0.3) is 0 Å². The molecule has 0 saturated carbocycles. The topological polar surface area (TPSA) is 84.5 Å². The summed E-state index contributed by atoms with van der Waals surface area (Å²) in [6.45, 7) is 0.347. The molecule has 0 aliphatic rings. The molecule has 6 nitrogen and oxygen atoms in total. The number of alkyl halides is 3. The minimum Gasteiger partial charge on any atom is -0.380 e. The van der Waals surface area contributed by atoms with Crippen molar-refractivity contribution >= 4 is 21.6 Å². The number of ether oxygens (including phenoxy) is 1. The second-order valence-corrected chi connectivity index (χ2v) is 7.27. The molecule has 0 aliphatic heterocycles. The summed E-state index contributed by atoms with van der Waals surface area (Å²) in [5, 5.41) is 1.65. The van der Waals surface area contributed by atoms with Crippen LogP contribution in [0.3, 0.4) is 0 Å². The largest absolute Gasteiger partial charge is 0.471 e. The summed E-state index contributed by atoms with van der Waals surface area (Å²) >= 11 is 0. The summed E-state index contributed by atoms with van der Waals surface area (Å²) in [4.78, 5) is 10.7. The first kappa shape index (κ1) is 20.9. The lowest BCUT2D eigenvalue weighted by atomic mass is 10.1. The zero-order valence-corrected chi connectivity index (χ0v) is 15.0. The molecule has 10 heteroatoms. The van der Waals surface area contributed by atoms with E-state index in [-0.39, 0.29) is 17.1 Å². The van der Waals surface area contributed by atoms with Gasteiger partial charge in [-0.25, -0.2) is 13.1 Å². The average Bonchev–Trinajstić information content (AvgIpc) is 2.61. The second kappa shape index (κ2) is 8.51. The monoisotopic (exact) mass is 402 g/mol. The Morgan fingerprint density at radius 2 is 1.63 bits per heavy atom. The highest BCUT2D eigenvalue weighted by molar-refractivity contribution is 7.89. The van der Waals surface area contributed by atoms with Gasteiger partial charge < -0.3 is 10.1 Å². The van der Waals surface area contributed by atoms with Crippen molar-refractivity contribution < 1.29 is 31.1 Å². The van der Waals surface area contributed by atoms with Crippen LogP contribution in [0.15, 0.2) is 53.4 Å². The smallest absolute Gasteiger partial charge is 0.380 e. The van der Waals surface area contributed by atoms with Crippen LogP contribution in [-0.2, 0) is 32.7 Å². The highest BCUT2D eigenvalue weighted by atomic mass is 32.2. The molecule has 0 unspecified atom stereocenters. The Morgan fingerprint density at radius 3 is 2.19 bits per heavy atom. The van der Waals surface area contributed by atoms with E-state index in [4.69, 9.17) is 4.74 Å². The molecule has 2 aromatic rings. The van der Waals surface area contributed by atoms with Crippen molar-refractivity contribution in [3.8, 4) is 0 Å². The number of hydrogen-bond acceptors (Lipinski definition) is 4. The van der Waals surface area contributed by atoms with Crippen molar-refractivity contribution in [1.82, 2.24) is 4.72 Å². The fourth-order valence-corrected chi connectivity index (χ4v) is 3.21. The van der Waals surface area contributed by atoms with Gasteiger partial charge in [0.25, 0.3) is 0 Å². The lowest BCUT2D eigenvalue weighted by Gasteiger charge is -2.11. The van der Waals surface area contributed by atoms with E-state index in [2.05, 4.69) is 4.72 Å². The molecule has 0 radical (unpaired) electrons. The number of halogens is 3. The molecule has 146 valence electrons. The maximum absolute atomic E-state index is 12.4. The summed E-state index contributed by atoms with van der Waals surface area (Å²) in [5.74, 6) is -2.13. The Kier molecular flexibility index (Phi) is 6.58. The van der Waals surface area contributed by atoms with E-state index in [9.17, 15) is 26.4 Å². The SMILES string of the molecule is COCc1ccccc1CNS(=O)(=O)c1ccc(NC(=O)C(F)(F)F)cc1. The standard InChI is InChI=1S/C17H17F3N2O4S/c1-26-11-13-5-3-2-4-12(13)10-21-27(24,25)15-8-6-14(7-9-15)22-16(23)17(18,19)20/h2-9,21H,10-11H2,1H3,(H,22,23). The number of amides is 1. The molecular weight excluding hydrogens is 385 g/mol. The van der Waals surface area contributed by atoms with Gasteiger partial charge in [0.1, 0.15) is 0 Å².